The summed E-state index contributed by atoms with van der Waals surface area (Å²) in [5.74, 6) is 0.0312. The van der Waals surface area contributed by atoms with E-state index in [-0.39, 0.29) is 36.7 Å². The van der Waals surface area contributed by atoms with Crippen LogP contribution < -0.4 is 5.32 Å². The monoisotopic (exact) mass is 187 g/mol. The topological polar surface area (TPSA) is 38.3 Å². The van der Waals surface area contributed by atoms with Crippen molar-refractivity contribution in [2.45, 2.75) is 0 Å². The maximum Gasteiger partial charge on any atom is 0.311 e. The molecule has 0 aliphatic carbocycles. The molecular formula is C5H11Cl2NO2. The van der Waals surface area contributed by atoms with Gasteiger partial charge >= 0.3 is 5.97 Å². The van der Waals surface area contributed by atoms with E-state index in [4.69, 9.17) is 0 Å². The molecule has 5 heteroatoms. The van der Waals surface area contributed by atoms with Crippen molar-refractivity contribution in [3.05, 3.63) is 0 Å². The van der Waals surface area contributed by atoms with Crippen LogP contribution in [0.5, 0.6) is 0 Å². The number of halogens is 2. The fourth-order valence-corrected chi connectivity index (χ4v) is 0.622. The molecule has 0 saturated carbocycles. The first-order valence-electron chi connectivity index (χ1n) is 2.63. The highest BCUT2D eigenvalue weighted by atomic mass is 35.5. The van der Waals surface area contributed by atoms with Gasteiger partial charge in [0.1, 0.15) is 0 Å². The van der Waals surface area contributed by atoms with Crippen LogP contribution in [0.25, 0.3) is 0 Å². The Morgan fingerprint density at radius 2 is 2.00 bits per heavy atom. The smallest absolute Gasteiger partial charge is 0.311 e. The summed E-state index contributed by atoms with van der Waals surface area (Å²) in [6.45, 7) is 1.57. The van der Waals surface area contributed by atoms with E-state index in [1.54, 1.807) is 0 Å². The first-order chi connectivity index (χ1) is 3.84. The van der Waals surface area contributed by atoms with Gasteiger partial charge in [-0.2, -0.15) is 0 Å². The van der Waals surface area contributed by atoms with Crippen molar-refractivity contribution in [2.75, 3.05) is 20.2 Å². The lowest BCUT2D eigenvalue weighted by atomic mass is 10.0. The number of rotatable bonds is 1. The van der Waals surface area contributed by atoms with Crippen molar-refractivity contribution in [3.63, 3.8) is 0 Å². The standard InChI is InChI=1S/C5H9NO2.2ClH/c1-8-5(7)4-2-6-3-4;;/h4,6H,2-3H2,1H3;2*1H. The summed E-state index contributed by atoms with van der Waals surface area (Å²) >= 11 is 0. The quantitative estimate of drug-likeness (QED) is 0.598. The number of hydrogen-bond acceptors (Lipinski definition) is 3. The molecule has 0 amide bonds. The SMILES string of the molecule is COC(=O)C1CNC1.Cl.Cl. The predicted molar refractivity (Wildman–Crippen MR) is 42.9 cm³/mol. The van der Waals surface area contributed by atoms with Gasteiger partial charge in [-0.05, 0) is 0 Å². The number of carbonyl (C=O) groups excluding carboxylic acids is 1. The van der Waals surface area contributed by atoms with Crippen molar-refractivity contribution in [3.8, 4) is 0 Å². The van der Waals surface area contributed by atoms with Crippen molar-refractivity contribution in [1.29, 1.82) is 0 Å². The van der Waals surface area contributed by atoms with Crippen LogP contribution in [-0.4, -0.2) is 26.2 Å². The maximum absolute atomic E-state index is 10.5. The van der Waals surface area contributed by atoms with Crippen LogP contribution in [0.1, 0.15) is 0 Å². The highest BCUT2D eigenvalue weighted by molar-refractivity contribution is 5.85. The van der Waals surface area contributed by atoms with Crippen LogP contribution >= 0.6 is 24.8 Å². The molecule has 1 N–H and O–H groups in total. The first kappa shape index (κ1) is 12.7. The minimum Gasteiger partial charge on any atom is -0.469 e. The van der Waals surface area contributed by atoms with Crippen LogP contribution in [0.4, 0.5) is 0 Å². The van der Waals surface area contributed by atoms with Crippen molar-refractivity contribution in [2.24, 2.45) is 5.92 Å². The Morgan fingerprint density at radius 1 is 1.50 bits per heavy atom. The number of carbonyl (C=O) groups is 1. The van der Waals surface area contributed by atoms with E-state index < -0.39 is 0 Å². The molecular weight excluding hydrogens is 177 g/mol. The zero-order chi connectivity index (χ0) is 5.98. The van der Waals surface area contributed by atoms with Gasteiger partial charge < -0.3 is 10.1 Å². The van der Waals surface area contributed by atoms with E-state index in [9.17, 15) is 4.79 Å². The average Bonchev–Trinajstić information content (AvgIpc) is 1.62. The lowest BCUT2D eigenvalue weighted by molar-refractivity contribution is -0.147. The molecule has 0 unspecified atom stereocenters. The summed E-state index contributed by atoms with van der Waals surface area (Å²) in [4.78, 5) is 10.5. The van der Waals surface area contributed by atoms with Gasteiger partial charge in [0.05, 0.1) is 13.0 Å². The van der Waals surface area contributed by atoms with Gasteiger partial charge in [-0.1, -0.05) is 0 Å². The zero-order valence-electron chi connectivity index (χ0n) is 5.62. The highest BCUT2D eigenvalue weighted by Crippen LogP contribution is 2.03. The third kappa shape index (κ3) is 2.73. The van der Waals surface area contributed by atoms with Gasteiger partial charge in [0, 0.05) is 13.1 Å². The van der Waals surface area contributed by atoms with E-state index in [1.165, 1.54) is 7.11 Å². The Labute approximate surface area is 72.3 Å². The summed E-state index contributed by atoms with van der Waals surface area (Å²) in [7, 11) is 1.42. The summed E-state index contributed by atoms with van der Waals surface area (Å²) in [6.07, 6.45) is 0. The van der Waals surface area contributed by atoms with E-state index in [2.05, 4.69) is 10.1 Å². The second-order valence-electron chi connectivity index (χ2n) is 1.88. The minimum absolute atomic E-state index is 0. The third-order valence-electron chi connectivity index (χ3n) is 1.32. The molecule has 0 bridgehead atoms. The molecule has 1 fully saturated rings. The van der Waals surface area contributed by atoms with Crippen LogP contribution in [-0.2, 0) is 9.53 Å². The van der Waals surface area contributed by atoms with E-state index in [0.29, 0.717) is 0 Å². The average molecular weight is 188 g/mol. The Morgan fingerprint density at radius 3 is 2.10 bits per heavy atom. The Balaban J connectivity index is 0. The summed E-state index contributed by atoms with van der Waals surface area (Å²) in [6, 6.07) is 0. The van der Waals surface area contributed by atoms with Gasteiger partial charge in [0.2, 0.25) is 0 Å². The molecule has 1 saturated heterocycles. The molecule has 1 aliphatic heterocycles. The molecule has 3 nitrogen and oxygen atoms in total. The Bertz CT molecular complexity index is 106. The van der Waals surface area contributed by atoms with Crippen LogP contribution in [0.15, 0.2) is 0 Å². The fourth-order valence-electron chi connectivity index (χ4n) is 0.622. The third-order valence-corrected chi connectivity index (χ3v) is 1.32. The van der Waals surface area contributed by atoms with E-state index >= 15 is 0 Å². The Hall–Kier alpha value is 0.01000. The minimum atomic E-state index is -0.0937. The van der Waals surface area contributed by atoms with Crippen molar-refractivity contribution in [1.82, 2.24) is 5.32 Å². The van der Waals surface area contributed by atoms with Crippen molar-refractivity contribution >= 4 is 30.8 Å². The highest BCUT2D eigenvalue weighted by Gasteiger charge is 2.24. The molecule has 62 valence electrons. The lowest BCUT2D eigenvalue weighted by Crippen LogP contribution is -2.46. The van der Waals surface area contributed by atoms with E-state index in [0.717, 1.165) is 13.1 Å². The second kappa shape index (κ2) is 5.77. The molecule has 1 rings (SSSR count). The lowest BCUT2D eigenvalue weighted by Gasteiger charge is -2.23. The van der Waals surface area contributed by atoms with Gasteiger partial charge in [0.15, 0.2) is 0 Å². The van der Waals surface area contributed by atoms with Gasteiger partial charge in [-0.15, -0.1) is 24.8 Å². The maximum atomic E-state index is 10.5. The van der Waals surface area contributed by atoms with Crippen LogP contribution in [0, 0.1) is 5.92 Å². The molecule has 0 spiro atoms. The number of esters is 1. The summed E-state index contributed by atoms with van der Waals surface area (Å²) in [5, 5.41) is 2.98. The van der Waals surface area contributed by atoms with Gasteiger partial charge in [-0.25, -0.2) is 0 Å². The van der Waals surface area contributed by atoms with Crippen molar-refractivity contribution < 1.29 is 9.53 Å². The number of methoxy groups -OCH3 is 1. The van der Waals surface area contributed by atoms with Gasteiger partial charge in [0.25, 0.3) is 0 Å². The summed E-state index contributed by atoms with van der Waals surface area (Å²) in [5.41, 5.74) is 0. The van der Waals surface area contributed by atoms with E-state index in [1.807, 2.05) is 0 Å². The molecule has 0 aromatic carbocycles. The molecule has 0 aromatic rings. The molecule has 10 heavy (non-hydrogen) atoms. The van der Waals surface area contributed by atoms with Crippen LogP contribution in [0.3, 0.4) is 0 Å². The summed E-state index contributed by atoms with van der Waals surface area (Å²) < 4.78 is 4.48. The molecule has 1 heterocycles. The molecule has 0 atom stereocenters. The number of hydrogen-bond donors (Lipinski definition) is 1. The first-order valence-corrected chi connectivity index (χ1v) is 2.63. The molecule has 0 aromatic heterocycles. The second-order valence-corrected chi connectivity index (χ2v) is 1.88. The number of ether oxygens (including phenoxy) is 1. The Kier molecular flexibility index (Phi) is 7.31. The molecule has 0 radical (unpaired) electrons. The fraction of sp³-hybridized carbons (Fsp3) is 0.800. The molecule has 1 aliphatic rings. The van der Waals surface area contributed by atoms with Crippen LogP contribution in [0.2, 0.25) is 0 Å². The number of nitrogens with one attached hydrogen (secondary N) is 1. The van der Waals surface area contributed by atoms with Gasteiger partial charge in [-0.3, -0.25) is 4.79 Å². The predicted octanol–water partition coefficient (Wildman–Crippen LogP) is 0.222. The largest absolute Gasteiger partial charge is 0.469 e. The normalized spacial score (nSPS) is 15.7. The zero-order valence-corrected chi connectivity index (χ0v) is 7.26.